The lowest BCUT2D eigenvalue weighted by molar-refractivity contribution is -0.143. The molecule has 0 amide bonds. The second kappa shape index (κ2) is 7.06. The number of esters is 1. The van der Waals surface area contributed by atoms with Crippen molar-refractivity contribution in [2.75, 3.05) is 20.3 Å². The van der Waals surface area contributed by atoms with Crippen molar-refractivity contribution in [3.8, 4) is 0 Å². The number of carbonyl (C=O) groups is 1. The Morgan fingerprint density at radius 3 is 2.75 bits per heavy atom. The van der Waals surface area contributed by atoms with E-state index in [2.05, 4.69) is 10.1 Å². The van der Waals surface area contributed by atoms with Crippen LogP contribution in [0.5, 0.6) is 0 Å². The Balaban J connectivity index is 3.76. The number of nitrogens with one attached hydrogen (secondary N) is 1. The quantitative estimate of drug-likeness (QED) is 0.554. The number of carbonyl (C=O) groups excluding carboxylic acids is 1. The minimum absolute atomic E-state index is 0.00349. The van der Waals surface area contributed by atoms with E-state index in [4.69, 9.17) is 5.11 Å². The monoisotopic (exact) mass is 175 g/mol. The fourth-order valence-corrected chi connectivity index (χ4v) is 0.893. The van der Waals surface area contributed by atoms with Crippen molar-refractivity contribution in [3.63, 3.8) is 0 Å². The Morgan fingerprint density at radius 2 is 2.33 bits per heavy atom. The summed E-state index contributed by atoms with van der Waals surface area (Å²) in [5.74, 6) is -0.308. The number of hydrogen-bond donors (Lipinski definition) is 2. The van der Waals surface area contributed by atoms with E-state index in [9.17, 15) is 4.79 Å². The average molecular weight is 175 g/mol. The number of methoxy groups -OCH3 is 1. The molecule has 0 heterocycles. The predicted molar refractivity (Wildman–Crippen MR) is 45.8 cm³/mol. The third-order valence-corrected chi connectivity index (χ3v) is 1.54. The van der Waals surface area contributed by atoms with E-state index in [0.29, 0.717) is 6.42 Å². The van der Waals surface area contributed by atoms with Crippen molar-refractivity contribution in [1.29, 1.82) is 0 Å². The fraction of sp³-hybridized carbons (Fsp3) is 0.875. The van der Waals surface area contributed by atoms with Gasteiger partial charge in [-0.2, -0.15) is 0 Å². The number of rotatable bonds is 6. The van der Waals surface area contributed by atoms with Crippen LogP contribution in [0.4, 0.5) is 0 Å². The van der Waals surface area contributed by atoms with Crippen LogP contribution in [0.3, 0.4) is 0 Å². The van der Waals surface area contributed by atoms with Gasteiger partial charge in [-0.15, -0.1) is 0 Å². The van der Waals surface area contributed by atoms with Crippen LogP contribution in [0.2, 0.25) is 0 Å². The predicted octanol–water partition coefficient (Wildman–Crippen LogP) is -0.0900. The Hall–Kier alpha value is -0.610. The molecule has 0 saturated heterocycles. The summed E-state index contributed by atoms with van der Waals surface area (Å²) in [7, 11) is 1.35. The molecule has 4 nitrogen and oxygen atoms in total. The van der Waals surface area contributed by atoms with Gasteiger partial charge in [0, 0.05) is 6.61 Å². The summed E-state index contributed by atoms with van der Waals surface area (Å²) in [6.45, 7) is 2.77. The topological polar surface area (TPSA) is 58.6 Å². The van der Waals surface area contributed by atoms with E-state index >= 15 is 0 Å². The minimum Gasteiger partial charge on any atom is -0.468 e. The Morgan fingerprint density at radius 1 is 1.67 bits per heavy atom. The molecule has 0 aliphatic heterocycles. The Kier molecular flexibility index (Phi) is 6.70. The third kappa shape index (κ3) is 4.31. The van der Waals surface area contributed by atoms with Crippen LogP contribution in [-0.4, -0.2) is 37.4 Å². The molecule has 0 bridgehead atoms. The zero-order valence-corrected chi connectivity index (χ0v) is 7.67. The Bertz CT molecular complexity index is 127. The zero-order chi connectivity index (χ0) is 9.40. The van der Waals surface area contributed by atoms with Gasteiger partial charge in [0.05, 0.1) is 7.11 Å². The molecular formula is C8H17NO3. The van der Waals surface area contributed by atoms with Crippen LogP contribution in [0.25, 0.3) is 0 Å². The molecule has 0 rings (SSSR count). The molecule has 0 aromatic rings. The molecule has 0 spiro atoms. The molecule has 1 atom stereocenters. The van der Waals surface area contributed by atoms with Gasteiger partial charge in [-0.1, -0.05) is 6.92 Å². The number of ether oxygens (including phenoxy) is 1. The van der Waals surface area contributed by atoms with Crippen molar-refractivity contribution in [1.82, 2.24) is 5.32 Å². The molecule has 0 saturated carbocycles. The van der Waals surface area contributed by atoms with Crippen molar-refractivity contribution in [2.24, 2.45) is 0 Å². The molecule has 4 heteroatoms. The molecule has 0 aliphatic carbocycles. The first-order valence-corrected chi connectivity index (χ1v) is 4.18. The van der Waals surface area contributed by atoms with Crippen LogP contribution in [0.1, 0.15) is 19.8 Å². The first-order valence-electron chi connectivity index (χ1n) is 4.18. The molecule has 0 aliphatic rings. The minimum atomic E-state index is -0.361. The number of aliphatic hydroxyl groups is 1. The van der Waals surface area contributed by atoms with Crippen molar-refractivity contribution >= 4 is 5.97 Å². The van der Waals surface area contributed by atoms with E-state index in [-0.39, 0.29) is 18.6 Å². The van der Waals surface area contributed by atoms with Gasteiger partial charge in [-0.05, 0) is 19.4 Å². The molecule has 12 heavy (non-hydrogen) atoms. The second-order valence-corrected chi connectivity index (χ2v) is 2.54. The first-order chi connectivity index (χ1) is 5.76. The van der Waals surface area contributed by atoms with Crippen LogP contribution in [0.15, 0.2) is 0 Å². The standard InChI is InChI=1S/C8H17NO3/c1-3-5-9-7(4-6-10)8(11)12-2/h7,9-10H,3-6H2,1-2H3. The van der Waals surface area contributed by atoms with Gasteiger partial charge in [0.2, 0.25) is 0 Å². The van der Waals surface area contributed by atoms with Gasteiger partial charge in [-0.25, -0.2) is 0 Å². The largest absolute Gasteiger partial charge is 0.468 e. The van der Waals surface area contributed by atoms with Gasteiger partial charge >= 0.3 is 5.97 Å². The summed E-state index contributed by atoms with van der Waals surface area (Å²) in [6.07, 6.45) is 1.37. The zero-order valence-electron chi connectivity index (χ0n) is 7.67. The summed E-state index contributed by atoms with van der Waals surface area (Å²) in [5.41, 5.74) is 0. The van der Waals surface area contributed by atoms with Gasteiger partial charge in [0.25, 0.3) is 0 Å². The van der Waals surface area contributed by atoms with E-state index in [1.54, 1.807) is 0 Å². The van der Waals surface area contributed by atoms with Crippen LogP contribution in [0, 0.1) is 0 Å². The van der Waals surface area contributed by atoms with Crippen LogP contribution >= 0.6 is 0 Å². The lowest BCUT2D eigenvalue weighted by Gasteiger charge is -2.14. The number of aliphatic hydroxyl groups excluding tert-OH is 1. The molecule has 0 aromatic heterocycles. The molecule has 0 fully saturated rings. The number of hydrogen-bond acceptors (Lipinski definition) is 4. The van der Waals surface area contributed by atoms with E-state index in [1.165, 1.54) is 7.11 Å². The highest BCUT2D eigenvalue weighted by Gasteiger charge is 2.16. The highest BCUT2D eigenvalue weighted by atomic mass is 16.5. The smallest absolute Gasteiger partial charge is 0.322 e. The molecule has 2 N–H and O–H groups in total. The Labute approximate surface area is 72.9 Å². The van der Waals surface area contributed by atoms with Crippen LogP contribution in [-0.2, 0) is 9.53 Å². The average Bonchev–Trinajstić information content (AvgIpc) is 2.11. The second-order valence-electron chi connectivity index (χ2n) is 2.54. The maximum Gasteiger partial charge on any atom is 0.322 e. The molecular weight excluding hydrogens is 158 g/mol. The highest BCUT2D eigenvalue weighted by molar-refractivity contribution is 5.75. The summed E-state index contributed by atoms with van der Waals surface area (Å²) < 4.78 is 4.55. The van der Waals surface area contributed by atoms with Gasteiger partial charge in [0.15, 0.2) is 0 Å². The lowest BCUT2D eigenvalue weighted by Crippen LogP contribution is -2.38. The SMILES string of the molecule is CCCNC(CCO)C(=O)OC. The van der Waals surface area contributed by atoms with Crippen molar-refractivity contribution < 1.29 is 14.6 Å². The summed E-state index contributed by atoms with van der Waals surface area (Å²) >= 11 is 0. The van der Waals surface area contributed by atoms with Crippen molar-refractivity contribution in [2.45, 2.75) is 25.8 Å². The molecule has 1 unspecified atom stereocenters. The summed E-state index contributed by atoms with van der Waals surface area (Å²) in [4.78, 5) is 11.0. The van der Waals surface area contributed by atoms with Crippen LogP contribution < -0.4 is 5.32 Å². The maximum absolute atomic E-state index is 11.0. The fourth-order valence-electron chi connectivity index (χ4n) is 0.893. The van der Waals surface area contributed by atoms with E-state index < -0.39 is 0 Å². The van der Waals surface area contributed by atoms with E-state index in [1.807, 2.05) is 6.92 Å². The molecule has 0 radical (unpaired) electrons. The molecule has 0 aromatic carbocycles. The van der Waals surface area contributed by atoms with Gasteiger partial charge in [-0.3, -0.25) is 4.79 Å². The van der Waals surface area contributed by atoms with Crippen molar-refractivity contribution in [3.05, 3.63) is 0 Å². The summed E-state index contributed by atoms with van der Waals surface area (Å²) in [6, 6.07) is -0.361. The summed E-state index contributed by atoms with van der Waals surface area (Å²) in [5, 5.41) is 11.6. The maximum atomic E-state index is 11.0. The van der Waals surface area contributed by atoms with E-state index in [0.717, 1.165) is 13.0 Å². The highest BCUT2D eigenvalue weighted by Crippen LogP contribution is 1.94. The third-order valence-electron chi connectivity index (χ3n) is 1.54. The van der Waals surface area contributed by atoms with Gasteiger partial charge < -0.3 is 15.2 Å². The first kappa shape index (κ1) is 11.4. The molecule has 72 valence electrons. The van der Waals surface area contributed by atoms with Gasteiger partial charge in [0.1, 0.15) is 6.04 Å². The normalized spacial score (nSPS) is 12.6. The lowest BCUT2D eigenvalue weighted by atomic mass is 10.2.